The van der Waals surface area contributed by atoms with Gasteiger partial charge in [-0.1, -0.05) is 13.8 Å². The fourth-order valence-electron chi connectivity index (χ4n) is 2.85. The van der Waals surface area contributed by atoms with Gasteiger partial charge in [0.2, 0.25) is 17.7 Å². The van der Waals surface area contributed by atoms with Crippen LogP contribution in [-0.4, -0.2) is 76.6 Å². The summed E-state index contributed by atoms with van der Waals surface area (Å²) in [4.78, 5) is 48.9. The molecule has 3 amide bonds. The number of hydrogen-bond acceptors (Lipinski definition) is 6. The molecule has 3 unspecified atom stereocenters. The monoisotopic (exact) mass is 372 g/mol. The number of aliphatic hydroxyl groups excluding tert-OH is 1. The highest BCUT2D eigenvalue weighted by atomic mass is 16.4. The molecule has 0 aromatic carbocycles. The molecule has 1 aliphatic heterocycles. The highest BCUT2D eigenvalue weighted by molar-refractivity contribution is 5.94. The smallest absolute Gasteiger partial charge is 0.322 e. The molecule has 10 heteroatoms. The molecule has 148 valence electrons. The molecule has 10 nitrogen and oxygen atoms in total. The molecule has 1 heterocycles. The van der Waals surface area contributed by atoms with Gasteiger partial charge in [-0.05, 0) is 25.2 Å². The predicted octanol–water partition coefficient (Wildman–Crippen LogP) is -1.97. The van der Waals surface area contributed by atoms with Gasteiger partial charge in [0.15, 0.2) is 0 Å². The van der Waals surface area contributed by atoms with Crippen LogP contribution in [-0.2, 0) is 19.2 Å². The van der Waals surface area contributed by atoms with Gasteiger partial charge in [0.25, 0.3) is 0 Å². The van der Waals surface area contributed by atoms with Gasteiger partial charge in [0.05, 0.1) is 6.61 Å². The molecule has 6 N–H and O–H groups in total. The van der Waals surface area contributed by atoms with E-state index in [9.17, 15) is 19.2 Å². The van der Waals surface area contributed by atoms with Crippen molar-refractivity contribution in [3.63, 3.8) is 0 Å². The summed E-state index contributed by atoms with van der Waals surface area (Å²) in [5.41, 5.74) is 5.55. The Morgan fingerprint density at radius 3 is 2.46 bits per heavy atom. The van der Waals surface area contributed by atoms with E-state index in [0.717, 1.165) is 0 Å². The van der Waals surface area contributed by atoms with Gasteiger partial charge in [-0.25, -0.2) is 0 Å². The second-order valence-electron chi connectivity index (χ2n) is 6.78. The molecule has 0 saturated carbocycles. The lowest BCUT2D eigenvalue weighted by Crippen LogP contribution is -2.56. The van der Waals surface area contributed by atoms with Crippen LogP contribution in [0.15, 0.2) is 0 Å². The number of carbonyl (C=O) groups is 4. The molecule has 0 radical (unpaired) electrons. The van der Waals surface area contributed by atoms with E-state index < -0.39 is 55.0 Å². The van der Waals surface area contributed by atoms with E-state index >= 15 is 0 Å². The lowest BCUT2D eigenvalue weighted by Gasteiger charge is -2.28. The van der Waals surface area contributed by atoms with Crippen molar-refractivity contribution in [2.45, 2.75) is 51.2 Å². The Bertz CT molecular complexity index is 539. The minimum absolute atomic E-state index is 0.0833. The maximum atomic E-state index is 12.6. The Morgan fingerprint density at radius 1 is 1.27 bits per heavy atom. The van der Waals surface area contributed by atoms with Crippen molar-refractivity contribution < 1.29 is 29.4 Å². The van der Waals surface area contributed by atoms with Crippen molar-refractivity contribution in [2.75, 3.05) is 19.7 Å². The van der Waals surface area contributed by atoms with E-state index in [-0.39, 0.29) is 5.92 Å². The first kappa shape index (κ1) is 21.8. The molecule has 0 aliphatic carbocycles. The molecule has 0 spiro atoms. The largest absolute Gasteiger partial charge is 0.480 e. The maximum absolute atomic E-state index is 12.6. The second-order valence-corrected chi connectivity index (χ2v) is 6.78. The first-order valence-corrected chi connectivity index (χ1v) is 8.64. The summed E-state index contributed by atoms with van der Waals surface area (Å²) in [5.74, 6) is -2.69. The van der Waals surface area contributed by atoms with Crippen molar-refractivity contribution in [1.29, 1.82) is 0 Å². The minimum atomic E-state index is -1.18. The average molecular weight is 372 g/mol. The van der Waals surface area contributed by atoms with Crippen LogP contribution in [0, 0.1) is 5.92 Å². The molecule has 1 saturated heterocycles. The van der Waals surface area contributed by atoms with E-state index in [1.165, 1.54) is 4.90 Å². The van der Waals surface area contributed by atoms with Gasteiger partial charge in [-0.15, -0.1) is 0 Å². The Balaban J connectivity index is 2.79. The summed E-state index contributed by atoms with van der Waals surface area (Å²) >= 11 is 0. The predicted molar refractivity (Wildman–Crippen MR) is 91.8 cm³/mol. The lowest BCUT2D eigenvalue weighted by molar-refractivity contribution is -0.141. The lowest BCUT2D eigenvalue weighted by atomic mass is 10.0. The second kappa shape index (κ2) is 10.1. The third-order valence-electron chi connectivity index (χ3n) is 4.11. The number of nitrogens with zero attached hydrogens (tertiary/aromatic N) is 1. The summed E-state index contributed by atoms with van der Waals surface area (Å²) in [6.07, 6.45) is 1.37. The molecule has 1 aliphatic rings. The molecule has 0 aromatic rings. The number of likely N-dealkylation sites (tertiary alicyclic amines) is 1. The summed E-state index contributed by atoms with van der Waals surface area (Å²) in [7, 11) is 0. The number of aliphatic carboxylic acids is 1. The van der Waals surface area contributed by atoms with E-state index in [2.05, 4.69) is 10.6 Å². The third kappa shape index (κ3) is 6.26. The van der Waals surface area contributed by atoms with Gasteiger partial charge in [0, 0.05) is 6.54 Å². The maximum Gasteiger partial charge on any atom is 0.322 e. The Labute approximate surface area is 152 Å². The van der Waals surface area contributed by atoms with Crippen molar-refractivity contribution in [3.05, 3.63) is 0 Å². The number of hydrogen-bond donors (Lipinski definition) is 5. The first-order valence-electron chi connectivity index (χ1n) is 8.64. The van der Waals surface area contributed by atoms with Crippen LogP contribution >= 0.6 is 0 Å². The van der Waals surface area contributed by atoms with E-state index in [4.69, 9.17) is 15.9 Å². The summed E-state index contributed by atoms with van der Waals surface area (Å²) < 4.78 is 0. The fraction of sp³-hybridized carbons (Fsp3) is 0.750. The number of aliphatic hydroxyl groups is 1. The normalized spacial score (nSPS) is 19.1. The molecule has 1 fully saturated rings. The zero-order valence-corrected chi connectivity index (χ0v) is 15.1. The molecule has 26 heavy (non-hydrogen) atoms. The van der Waals surface area contributed by atoms with Gasteiger partial charge in [-0.3, -0.25) is 19.2 Å². The Morgan fingerprint density at radius 2 is 1.92 bits per heavy atom. The van der Waals surface area contributed by atoms with E-state index in [0.29, 0.717) is 25.8 Å². The van der Waals surface area contributed by atoms with Crippen LogP contribution in [0.1, 0.15) is 33.1 Å². The number of nitrogens with one attached hydrogen (secondary N) is 2. The van der Waals surface area contributed by atoms with E-state index in [1.54, 1.807) is 0 Å². The van der Waals surface area contributed by atoms with Crippen LogP contribution in [0.2, 0.25) is 0 Å². The minimum Gasteiger partial charge on any atom is -0.480 e. The molecule has 0 aromatic heterocycles. The van der Waals surface area contributed by atoms with Gasteiger partial charge < -0.3 is 31.5 Å². The number of carboxylic acid groups (broad SMARTS) is 1. The number of rotatable bonds is 9. The number of carboxylic acids is 1. The van der Waals surface area contributed by atoms with Crippen LogP contribution in [0.3, 0.4) is 0 Å². The summed E-state index contributed by atoms with van der Waals surface area (Å²) in [5, 5.41) is 22.6. The molecule has 1 rings (SSSR count). The zero-order valence-electron chi connectivity index (χ0n) is 15.1. The Hall–Kier alpha value is -2.20. The quantitative estimate of drug-likeness (QED) is 0.313. The van der Waals surface area contributed by atoms with Crippen molar-refractivity contribution >= 4 is 23.7 Å². The van der Waals surface area contributed by atoms with Crippen molar-refractivity contribution in [2.24, 2.45) is 11.7 Å². The van der Waals surface area contributed by atoms with Gasteiger partial charge in [-0.2, -0.15) is 0 Å². The van der Waals surface area contributed by atoms with Crippen molar-refractivity contribution in [1.82, 2.24) is 15.5 Å². The number of nitrogens with two attached hydrogens (primary N) is 1. The van der Waals surface area contributed by atoms with Gasteiger partial charge >= 0.3 is 5.97 Å². The van der Waals surface area contributed by atoms with E-state index in [1.807, 2.05) is 13.8 Å². The summed E-state index contributed by atoms with van der Waals surface area (Å²) in [6.45, 7) is 3.04. The molecule has 3 atom stereocenters. The zero-order chi connectivity index (χ0) is 19.9. The fourth-order valence-corrected chi connectivity index (χ4v) is 2.85. The van der Waals surface area contributed by atoms with Crippen molar-refractivity contribution in [3.8, 4) is 0 Å². The standard InChI is InChI=1S/C16H28N4O6/c1-9(2)6-11(14(24)18-7-13(22)23)19-15(25)12-4-3-5-20(12)16(26)10(17)8-21/h9-12,21H,3-8,17H2,1-2H3,(H,18,24)(H,19,25)(H,22,23). The topological polar surface area (TPSA) is 162 Å². The van der Waals surface area contributed by atoms with Gasteiger partial charge in [0.1, 0.15) is 24.7 Å². The third-order valence-corrected chi connectivity index (χ3v) is 4.11. The van der Waals surface area contributed by atoms with Crippen LogP contribution in [0.5, 0.6) is 0 Å². The van der Waals surface area contributed by atoms with Crippen LogP contribution < -0.4 is 16.4 Å². The number of carbonyl (C=O) groups excluding carboxylic acids is 3. The molecule has 0 bridgehead atoms. The highest BCUT2D eigenvalue weighted by Crippen LogP contribution is 2.19. The van der Waals surface area contributed by atoms with Crippen LogP contribution in [0.25, 0.3) is 0 Å². The molecular weight excluding hydrogens is 344 g/mol. The summed E-state index contributed by atoms with van der Waals surface area (Å²) in [6, 6.07) is -2.75. The number of amides is 3. The molecular formula is C16H28N4O6. The SMILES string of the molecule is CC(C)CC(NC(=O)C1CCCN1C(=O)C(N)CO)C(=O)NCC(=O)O. The van der Waals surface area contributed by atoms with Crippen LogP contribution in [0.4, 0.5) is 0 Å². The highest BCUT2D eigenvalue weighted by Gasteiger charge is 2.37. The first-order chi connectivity index (χ1) is 12.2. The Kier molecular flexibility index (Phi) is 8.46. The average Bonchev–Trinajstić information content (AvgIpc) is 3.06.